The second kappa shape index (κ2) is 6.82. The fourth-order valence-corrected chi connectivity index (χ4v) is 4.06. The zero-order chi connectivity index (χ0) is 13.7. The van der Waals surface area contributed by atoms with Crippen LogP contribution in [0.1, 0.15) is 37.2 Å². The summed E-state index contributed by atoms with van der Waals surface area (Å²) < 4.78 is 11.0. The first kappa shape index (κ1) is 14.9. The molecule has 5 heteroatoms. The molecule has 1 aliphatic carbocycles. The van der Waals surface area contributed by atoms with E-state index in [-0.39, 0.29) is 5.92 Å². The van der Waals surface area contributed by atoms with Crippen LogP contribution in [0.3, 0.4) is 0 Å². The number of nitriles is 1. The number of hydrogen-bond acceptors (Lipinski definition) is 4. The van der Waals surface area contributed by atoms with Crippen LogP contribution in [0.15, 0.2) is 24.3 Å². The Balaban J connectivity index is 2.35. The fraction of sp³-hybridized carbons (Fsp3) is 0.500. The van der Waals surface area contributed by atoms with Crippen LogP contribution in [0, 0.1) is 11.3 Å². The van der Waals surface area contributed by atoms with Gasteiger partial charge >= 0.3 is 0 Å². The number of halogens is 1. The van der Waals surface area contributed by atoms with Gasteiger partial charge in [-0.1, -0.05) is 18.6 Å². The molecule has 0 aliphatic heterocycles. The third kappa shape index (κ3) is 3.18. The smallest absolute Gasteiger partial charge is 0.176 e. The van der Waals surface area contributed by atoms with E-state index in [9.17, 15) is 5.26 Å². The lowest BCUT2D eigenvalue weighted by atomic mass is 9.73. The highest BCUT2D eigenvalue weighted by molar-refractivity contribution is 14.2. The molecule has 0 aromatic heterocycles. The average Bonchev–Trinajstić information content (AvgIpc) is 2.48. The first-order valence-electron chi connectivity index (χ1n) is 6.27. The predicted molar refractivity (Wildman–Crippen MR) is 85.2 cm³/mol. The topological polar surface area (TPSA) is 42.2 Å². The second-order valence-corrected chi connectivity index (χ2v) is 6.09. The molecule has 19 heavy (non-hydrogen) atoms. The van der Waals surface area contributed by atoms with Crippen molar-refractivity contribution in [2.45, 2.75) is 37.2 Å². The number of benzene rings is 1. The Kier molecular flexibility index (Phi) is 5.37. The first-order chi connectivity index (χ1) is 9.25. The second-order valence-electron chi connectivity index (χ2n) is 4.72. The summed E-state index contributed by atoms with van der Waals surface area (Å²) in [7, 11) is 2.92. The van der Waals surface area contributed by atoms with E-state index >= 15 is 0 Å². The molecule has 0 heterocycles. The van der Waals surface area contributed by atoms with Crippen LogP contribution in [-0.2, 0) is 4.18 Å². The maximum absolute atomic E-state index is 9.61. The Labute approximate surface area is 130 Å². The molecule has 2 atom stereocenters. The molecule has 1 aliphatic rings. The minimum atomic E-state index is -0.712. The van der Waals surface area contributed by atoms with Gasteiger partial charge in [-0.15, -0.1) is 0 Å². The number of hydrogen-bond donors (Lipinski definition) is 0. The molecule has 1 aromatic carbocycles. The molecule has 0 spiro atoms. The van der Waals surface area contributed by atoms with Gasteiger partial charge in [0, 0.05) is 27.1 Å². The van der Waals surface area contributed by atoms with Gasteiger partial charge in [0.25, 0.3) is 0 Å². The van der Waals surface area contributed by atoms with Gasteiger partial charge < -0.3 is 4.74 Å². The van der Waals surface area contributed by atoms with E-state index in [1.54, 1.807) is 7.11 Å². The zero-order valence-electron chi connectivity index (χ0n) is 10.8. The van der Waals surface area contributed by atoms with Gasteiger partial charge in [-0.05, 0) is 37.0 Å². The molecule has 0 radical (unpaired) electrons. The Hall–Kier alpha value is -0.450. The summed E-state index contributed by atoms with van der Waals surface area (Å²) in [6.07, 6.45) is 3.96. The van der Waals surface area contributed by atoms with Crippen LogP contribution in [0.4, 0.5) is 0 Å². The fourth-order valence-electron chi connectivity index (χ4n) is 2.75. The monoisotopic (exact) mass is 389 g/mol. The van der Waals surface area contributed by atoms with E-state index in [0.717, 1.165) is 37.0 Å². The van der Waals surface area contributed by atoms with Crippen molar-refractivity contribution in [3.8, 4) is 11.8 Å². The highest BCUT2D eigenvalue weighted by atomic mass is 127. The van der Waals surface area contributed by atoms with E-state index in [4.69, 9.17) is 8.92 Å². The molecule has 0 N–H and O–H groups in total. The number of nitrogens with zero attached hydrogens (tertiary/aromatic N) is 1. The van der Waals surface area contributed by atoms with Crippen molar-refractivity contribution in [1.29, 1.82) is 5.26 Å². The molecule has 102 valence electrons. The number of ether oxygens (including phenoxy) is 1. The van der Waals surface area contributed by atoms with Crippen molar-refractivity contribution >= 4 is 30.4 Å². The van der Waals surface area contributed by atoms with E-state index < -0.39 is 5.60 Å². The van der Waals surface area contributed by atoms with Crippen LogP contribution in [-0.4, -0.2) is 12.7 Å². The summed E-state index contributed by atoms with van der Waals surface area (Å²) in [5.74, 6) is 0.945. The normalized spacial score (nSPS) is 26.7. The summed E-state index contributed by atoms with van der Waals surface area (Å²) in [5, 5.41) is 9.61. The minimum Gasteiger partial charge on any atom is -0.497 e. The molecule has 2 rings (SSSR count). The van der Waals surface area contributed by atoms with Crippen molar-refractivity contribution in [2.75, 3.05) is 7.11 Å². The Bertz CT molecular complexity index is 473. The average molecular weight is 389 g/mol. The highest BCUT2D eigenvalue weighted by Crippen LogP contribution is 2.46. The minimum absolute atomic E-state index is 0.114. The lowest BCUT2D eigenvalue weighted by Crippen LogP contribution is -2.38. The molecule has 1 fully saturated rings. The molecule has 3 nitrogen and oxygen atoms in total. The van der Waals surface area contributed by atoms with Crippen LogP contribution >= 0.6 is 30.4 Å². The Morgan fingerprint density at radius 1 is 1.47 bits per heavy atom. The van der Waals surface area contributed by atoms with Gasteiger partial charge in [0.1, 0.15) is 5.75 Å². The number of methoxy groups -OCH3 is 1. The maximum Gasteiger partial charge on any atom is 0.176 e. The molecular formula is C14H16INO2S. The highest BCUT2D eigenvalue weighted by Gasteiger charge is 2.43. The quantitative estimate of drug-likeness (QED) is 0.556. The van der Waals surface area contributed by atoms with E-state index in [1.807, 2.05) is 18.2 Å². The summed E-state index contributed by atoms with van der Waals surface area (Å²) in [6.45, 7) is 0. The summed E-state index contributed by atoms with van der Waals surface area (Å²) >= 11 is 2.09. The van der Waals surface area contributed by atoms with E-state index in [0.29, 0.717) is 0 Å². The molecule has 1 aromatic rings. The molecular weight excluding hydrogens is 373 g/mol. The van der Waals surface area contributed by atoms with Crippen molar-refractivity contribution in [2.24, 2.45) is 0 Å². The molecule has 0 saturated heterocycles. The van der Waals surface area contributed by atoms with Crippen molar-refractivity contribution in [1.82, 2.24) is 0 Å². The third-order valence-electron chi connectivity index (χ3n) is 3.72. The predicted octanol–water partition coefficient (Wildman–Crippen LogP) is 4.63. The SMILES string of the molecule is COc1cccc(C2CCCCC2(C#N)OSI)c1. The van der Waals surface area contributed by atoms with Crippen LogP contribution < -0.4 is 4.74 Å². The molecule has 0 bridgehead atoms. The van der Waals surface area contributed by atoms with Crippen LogP contribution in [0.25, 0.3) is 0 Å². The Morgan fingerprint density at radius 2 is 2.32 bits per heavy atom. The van der Waals surface area contributed by atoms with Crippen LogP contribution in [0.5, 0.6) is 5.75 Å². The van der Waals surface area contributed by atoms with Crippen molar-refractivity contribution in [3.63, 3.8) is 0 Å². The molecule has 1 saturated carbocycles. The van der Waals surface area contributed by atoms with Crippen LogP contribution in [0.2, 0.25) is 0 Å². The standard InChI is InChI=1S/C14H16INO2S/c1-17-12-6-4-5-11(9-12)13-7-2-3-8-14(13,10-16)18-19-15/h4-6,9,13H,2-3,7-8H2,1H3. The van der Waals surface area contributed by atoms with E-state index in [1.165, 1.54) is 9.21 Å². The van der Waals surface area contributed by atoms with Gasteiger partial charge in [-0.3, -0.25) is 4.18 Å². The summed E-state index contributed by atoms with van der Waals surface area (Å²) in [6, 6.07) is 10.4. The van der Waals surface area contributed by atoms with E-state index in [2.05, 4.69) is 33.3 Å². The van der Waals surface area contributed by atoms with Gasteiger partial charge in [-0.2, -0.15) is 5.26 Å². The lowest BCUT2D eigenvalue weighted by Gasteiger charge is -2.37. The summed E-state index contributed by atoms with van der Waals surface area (Å²) in [4.78, 5) is 0. The van der Waals surface area contributed by atoms with Crippen molar-refractivity contribution < 1.29 is 8.92 Å². The third-order valence-corrected chi connectivity index (χ3v) is 4.62. The zero-order valence-corrected chi connectivity index (χ0v) is 13.7. The van der Waals surface area contributed by atoms with Gasteiger partial charge in [0.05, 0.1) is 22.4 Å². The number of rotatable bonds is 4. The van der Waals surface area contributed by atoms with Gasteiger partial charge in [0.15, 0.2) is 5.60 Å². The Morgan fingerprint density at radius 3 is 3.00 bits per heavy atom. The van der Waals surface area contributed by atoms with Crippen molar-refractivity contribution in [3.05, 3.63) is 29.8 Å². The van der Waals surface area contributed by atoms with Gasteiger partial charge in [-0.25, -0.2) is 0 Å². The molecule has 0 amide bonds. The van der Waals surface area contributed by atoms with Gasteiger partial charge in [0.2, 0.25) is 0 Å². The largest absolute Gasteiger partial charge is 0.497 e. The first-order valence-corrected chi connectivity index (χ1v) is 9.56. The summed E-state index contributed by atoms with van der Waals surface area (Å²) in [5.41, 5.74) is 0.419. The molecule has 2 unspecified atom stereocenters. The maximum atomic E-state index is 9.61. The lowest BCUT2D eigenvalue weighted by molar-refractivity contribution is 0.0869.